The quantitative estimate of drug-likeness (QED) is 0.853. The minimum atomic E-state index is -4.73. The van der Waals surface area contributed by atoms with E-state index in [1.54, 1.807) is 4.90 Å². The van der Waals surface area contributed by atoms with Gasteiger partial charge in [-0.3, -0.25) is 4.79 Å². The molecule has 0 radical (unpaired) electrons. The summed E-state index contributed by atoms with van der Waals surface area (Å²) in [6, 6.07) is 5.41. The number of hydrogen-bond donors (Lipinski definition) is 1. The molecule has 1 aliphatic carbocycles. The van der Waals surface area contributed by atoms with Gasteiger partial charge in [0.2, 0.25) is 5.91 Å². The van der Waals surface area contributed by atoms with Gasteiger partial charge in [0, 0.05) is 12.2 Å². The van der Waals surface area contributed by atoms with E-state index in [9.17, 15) is 23.1 Å². The van der Waals surface area contributed by atoms with Crippen LogP contribution in [0.5, 0.6) is 5.75 Å². The summed E-state index contributed by atoms with van der Waals surface area (Å²) in [6.45, 7) is 2.58. The molecule has 1 saturated heterocycles. The molecule has 2 aliphatic rings. The predicted molar refractivity (Wildman–Crippen MR) is 90.9 cm³/mol. The highest BCUT2D eigenvalue weighted by Crippen LogP contribution is 2.49. The standard InChI is InChI=1S/C19H24F3NO3/c1-2-7-18(25)10-8-17(9-11-18)12-13-23(16(17)24)14-3-5-15(6-4-14)26-19(20,21)22/h3-6,25H,2,7-13H2,1H3. The van der Waals surface area contributed by atoms with Crippen LogP contribution in [0.15, 0.2) is 24.3 Å². The highest BCUT2D eigenvalue weighted by atomic mass is 19.4. The summed E-state index contributed by atoms with van der Waals surface area (Å²) in [7, 11) is 0. The van der Waals surface area contributed by atoms with Gasteiger partial charge in [0.15, 0.2) is 0 Å². The zero-order valence-corrected chi connectivity index (χ0v) is 14.8. The molecule has 1 N–H and O–H groups in total. The van der Waals surface area contributed by atoms with Gasteiger partial charge in [-0.25, -0.2) is 0 Å². The van der Waals surface area contributed by atoms with Crippen LogP contribution in [0.3, 0.4) is 0 Å². The molecule has 4 nitrogen and oxygen atoms in total. The maximum absolute atomic E-state index is 13.0. The Morgan fingerprint density at radius 3 is 2.27 bits per heavy atom. The van der Waals surface area contributed by atoms with Gasteiger partial charge in [-0.05, 0) is 62.8 Å². The molecule has 7 heteroatoms. The minimum Gasteiger partial charge on any atom is -0.406 e. The van der Waals surface area contributed by atoms with Crippen molar-refractivity contribution in [1.82, 2.24) is 0 Å². The van der Waals surface area contributed by atoms with Gasteiger partial charge < -0.3 is 14.7 Å². The van der Waals surface area contributed by atoms with Crippen LogP contribution in [-0.2, 0) is 4.79 Å². The first kappa shape index (κ1) is 19.0. The van der Waals surface area contributed by atoms with Crippen LogP contribution < -0.4 is 9.64 Å². The number of benzene rings is 1. The van der Waals surface area contributed by atoms with Gasteiger partial charge in [0.1, 0.15) is 5.75 Å². The first-order valence-electron chi connectivity index (χ1n) is 9.07. The van der Waals surface area contributed by atoms with Crippen LogP contribution in [-0.4, -0.2) is 29.5 Å². The van der Waals surface area contributed by atoms with Crippen LogP contribution >= 0.6 is 0 Å². The average molecular weight is 371 g/mol. The van der Waals surface area contributed by atoms with E-state index < -0.39 is 17.4 Å². The van der Waals surface area contributed by atoms with Gasteiger partial charge in [-0.1, -0.05) is 13.3 Å². The molecule has 0 unspecified atom stereocenters. The van der Waals surface area contributed by atoms with Crippen molar-refractivity contribution >= 4 is 11.6 Å². The Morgan fingerprint density at radius 2 is 1.73 bits per heavy atom. The molecule has 144 valence electrons. The van der Waals surface area contributed by atoms with Crippen molar-refractivity contribution in [2.45, 2.75) is 63.8 Å². The molecule has 2 fully saturated rings. The first-order valence-corrected chi connectivity index (χ1v) is 9.07. The molecule has 1 aromatic carbocycles. The molecule has 26 heavy (non-hydrogen) atoms. The summed E-state index contributed by atoms with van der Waals surface area (Å²) in [5.41, 5.74) is -0.526. The third-order valence-corrected chi connectivity index (χ3v) is 5.75. The van der Waals surface area contributed by atoms with Gasteiger partial charge in [0.25, 0.3) is 0 Å². The molecule has 3 rings (SSSR count). The molecule has 1 spiro atoms. The fourth-order valence-corrected chi connectivity index (χ4v) is 4.27. The fraction of sp³-hybridized carbons (Fsp3) is 0.632. The number of alkyl halides is 3. The highest BCUT2D eigenvalue weighted by molar-refractivity contribution is 6.00. The smallest absolute Gasteiger partial charge is 0.406 e. The molecule has 1 aromatic rings. The summed E-state index contributed by atoms with van der Waals surface area (Å²) in [5.74, 6) is -0.287. The number of rotatable bonds is 4. The number of carbonyl (C=O) groups is 1. The largest absolute Gasteiger partial charge is 0.573 e. The Labute approximate surface area is 150 Å². The molecule has 1 amide bonds. The predicted octanol–water partition coefficient (Wildman–Crippen LogP) is 4.41. The molecule has 1 saturated carbocycles. The summed E-state index contributed by atoms with van der Waals surface area (Å²) in [6.07, 6.45) is 0.221. The zero-order chi connectivity index (χ0) is 19.0. The van der Waals surface area contributed by atoms with Crippen LogP contribution in [0, 0.1) is 5.41 Å². The van der Waals surface area contributed by atoms with Crippen molar-refractivity contribution in [2.75, 3.05) is 11.4 Å². The van der Waals surface area contributed by atoms with E-state index in [2.05, 4.69) is 4.74 Å². The number of carbonyl (C=O) groups excluding carboxylic acids is 1. The second-order valence-corrected chi connectivity index (χ2v) is 7.50. The van der Waals surface area contributed by atoms with Crippen molar-refractivity contribution in [1.29, 1.82) is 0 Å². The number of nitrogens with zero attached hydrogens (tertiary/aromatic N) is 1. The van der Waals surface area contributed by atoms with Gasteiger partial charge >= 0.3 is 6.36 Å². The molecule has 0 bridgehead atoms. The number of hydrogen-bond acceptors (Lipinski definition) is 3. The zero-order valence-electron chi connectivity index (χ0n) is 14.8. The van der Waals surface area contributed by atoms with Crippen LogP contribution in [0.4, 0.5) is 18.9 Å². The van der Waals surface area contributed by atoms with Crippen molar-refractivity contribution in [2.24, 2.45) is 5.41 Å². The molecular weight excluding hydrogens is 347 g/mol. The lowest BCUT2D eigenvalue weighted by molar-refractivity contribution is -0.274. The summed E-state index contributed by atoms with van der Waals surface area (Å²) in [5, 5.41) is 10.6. The molecule has 0 aromatic heterocycles. The van der Waals surface area contributed by atoms with Gasteiger partial charge in [-0.2, -0.15) is 0 Å². The van der Waals surface area contributed by atoms with Crippen molar-refractivity contribution < 1.29 is 27.8 Å². The van der Waals surface area contributed by atoms with E-state index in [-0.39, 0.29) is 11.7 Å². The normalized spacial score (nSPS) is 29.4. The molecule has 1 heterocycles. The number of aliphatic hydroxyl groups is 1. The van der Waals surface area contributed by atoms with Crippen LogP contribution in [0.2, 0.25) is 0 Å². The Bertz CT molecular complexity index is 649. The van der Waals surface area contributed by atoms with Crippen molar-refractivity contribution in [3.63, 3.8) is 0 Å². The Kier molecular flexibility index (Phi) is 4.94. The second-order valence-electron chi connectivity index (χ2n) is 7.50. The van der Waals surface area contributed by atoms with E-state index in [0.29, 0.717) is 37.9 Å². The number of ether oxygens (including phenoxy) is 1. The highest BCUT2D eigenvalue weighted by Gasteiger charge is 2.51. The van der Waals surface area contributed by atoms with Gasteiger partial charge in [-0.15, -0.1) is 13.2 Å². The lowest BCUT2D eigenvalue weighted by Gasteiger charge is -2.41. The van der Waals surface area contributed by atoms with E-state index in [4.69, 9.17) is 0 Å². The topological polar surface area (TPSA) is 49.8 Å². The maximum atomic E-state index is 13.0. The Morgan fingerprint density at radius 1 is 1.12 bits per heavy atom. The fourth-order valence-electron chi connectivity index (χ4n) is 4.27. The van der Waals surface area contributed by atoms with E-state index in [0.717, 1.165) is 19.3 Å². The Balaban J connectivity index is 1.68. The third kappa shape index (κ3) is 3.82. The molecular formula is C19H24F3NO3. The number of anilines is 1. The summed E-state index contributed by atoms with van der Waals surface area (Å²) < 4.78 is 40.6. The number of amides is 1. The molecule has 1 aliphatic heterocycles. The summed E-state index contributed by atoms with van der Waals surface area (Å²) in [4.78, 5) is 14.6. The average Bonchev–Trinajstić information content (AvgIpc) is 2.88. The lowest BCUT2D eigenvalue weighted by atomic mass is 9.67. The van der Waals surface area contributed by atoms with Crippen LogP contribution in [0.1, 0.15) is 51.9 Å². The van der Waals surface area contributed by atoms with Gasteiger partial charge in [0.05, 0.1) is 11.0 Å². The van der Waals surface area contributed by atoms with E-state index >= 15 is 0 Å². The SMILES string of the molecule is CCCC1(O)CCC2(CCN(c3ccc(OC(F)(F)F)cc3)C2=O)CC1. The van der Waals surface area contributed by atoms with Crippen LogP contribution in [0.25, 0.3) is 0 Å². The van der Waals surface area contributed by atoms with E-state index in [1.807, 2.05) is 6.92 Å². The Hall–Kier alpha value is -1.76. The maximum Gasteiger partial charge on any atom is 0.573 e. The minimum absolute atomic E-state index is 0.0144. The lowest BCUT2D eigenvalue weighted by Crippen LogP contribution is -2.43. The molecule has 0 atom stereocenters. The summed E-state index contributed by atoms with van der Waals surface area (Å²) >= 11 is 0. The monoisotopic (exact) mass is 371 g/mol. The second kappa shape index (κ2) is 6.76. The van der Waals surface area contributed by atoms with Crippen molar-refractivity contribution in [3.8, 4) is 5.75 Å². The van der Waals surface area contributed by atoms with Crippen molar-refractivity contribution in [3.05, 3.63) is 24.3 Å². The number of halogens is 3. The first-order chi connectivity index (χ1) is 12.2. The third-order valence-electron chi connectivity index (χ3n) is 5.75. The van der Waals surface area contributed by atoms with E-state index in [1.165, 1.54) is 24.3 Å².